The summed E-state index contributed by atoms with van der Waals surface area (Å²) in [5.41, 5.74) is 8.18. The van der Waals surface area contributed by atoms with Crippen molar-refractivity contribution in [3.63, 3.8) is 0 Å². The van der Waals surface area contributed by atoms with Crippen LogP contribution in [0, 0.1) is 12.8 Å². The smallest absolute Gasteiger partial charge is 0.124 e. The number of benzene rings is 1. The topological polar surface area (TPSA) is 35.2 Å². The van der Waals surface area contributed by atoms with Gasteiger partial charge in [0.05, 0.1) is 6.61 Å². The van der Waals surface area contributed by atoms with Crippen molar-refractivity contribution in [2.24, 2.45) is 11.7 Å². The monoisotopic (exact) mass is 243 g/mol. The van der Waals surface area contributed by atoms with Crippen LogP contribution in [0.25, 0.3) is 0 Å². The lowest BCUT2D eigenvalue weighted by molar-refractivity contribution is 0.267. The van der Waals surface area contributed by atoms with Gasteiger partial charge in [0.1, 0.15) is 5.75 Å². The van der Waals surface area contributed by atoms with Crippen LogP contribution in [0.15, 0.2) is 18.2 Å². The lowest BCUT2D eigenvalue weighted by Crippen LogP contribution is -2.11. The number of nitrogens with two attached hydrogens (primary N) is 1. The Morgan fingerprint density at radius 3 is 2.38 bits per heavy atom. The minimum Gasteiger partial charge on any atom is -0.493 e. The second kappa shape index (κ2) is 6.77. The van der Waals surface area contributed by atoms with Crippen LogP contribution in [0.2, 0.25) is 0 Å². The van der Waals surface area contributed by atoms with E-state index in [9.17, 15) is 0 Å². The molecule has 1 aromatic rings. The highest BCUT2D eigenvalue weighted by atomic mass is 35.5. The predicted molar refractivity (Wildman–Crippen MR) is 71.4 cm³/mol. The zero-order chi connectivity index (χ0) is 11.4. The van der Waals surface area contributed by atoms with E-state index < -0.39 is 0 Å². The van der Waals surface area contributed by atoms with E-state index in [1.807, 2.05) is 6.92 Å². The summed E-state index contributed by atoms with van der Waals surface area (Å²) in [6.07, 6.45) is 0. The average Bonchev–Trinajstić information content (AvgIpc) is 2.14. The van der Waals surface area contributed by atoms with Crippen LogP contribution in [0.3, 0.4) is 0 Å². The molecule has 0 aromatic heterocycles. The van der Waals surface area contributed by atoms with Crippen LogP contribution in [-0.4, -0.2) is 6.61 Å². The van der Waals surface area contributed by atoms with Crippen molar-refractivity contribution in [1.29, 1.82) is 0 Å². The van der Waals surface area contributed by atoms with Crippen LogP contribution in [0.1, 0.15) is 37.9 Å². The van der Waals surface area contributed by atoms with E-state index in [1.54, 1.807) is 0 Å². The molecule has 0 saturated heterocycles. The molecule has 0 bridgehead atoms. The molecule has 1 atom stereocenters. The van der Waals surface area contributed by atoms with Gasteiger partial charge in [0.2, 0.25) is 0 Å². The van der Waals surface area contributed by atoms with E-state index in [0.717, 1.165) is 17.9 Å². The Morgan fingerprint density at radius 2 is 1.88 bits per heavy atom. The molecule has 1 aromatic carbocycles. The summed E-state index contributed by atoms with van der Waals surface area (Å²) in [7, 11) is 0. The van der Waals surface area contributed by atoms with Crippen molar-refractivity contribution in [2.45, 2.75) is 33.7 Å². The summed E-state index contributed by atoms with van der Waals surface area (Å²) >= 11 is 0. The molecule has 0 heterocycles. The summed E-state index contributed by atoms with van der Waals surface area (Å²) in [4.78, 5) is 0. The first kappa shape index (κ1) is 15.3. The van der Waals surface area contributed by atoms with Gasteiger partial charge >= 0.3 is 0 Å². The highest BCUT2D eigenvalue weighted by Gasteiger charge is 2.08. The largest absolute Gasteiger partial charge is 0.493 e. The normalized spacial score (nSPS) is 12.1. The lowest BCUT2D eigenvalue weighted by atomic mass is 10.1. The summed E-state index contributed by atoms with van der Waals surface area (Å²) in [5.74, 6) is 1.46. The third kappa shape index (κ3) is 4.42. The van der Waals surface area contributed by atoms with E-state index in [-0.39, 0.29) is 18.4 Å². The maximum atomic E-state index is 5.89. The summed E-state index contributed by atoms with van der Waals surface area (Å²) < 4.78 is 5.76. The second-order valence-corrected chi connectivity index (χ2v) is 4.53. The van der Waals surface area contributed by atoms with Gasteiger partial charge in [0.15, 0.2) is 0 Å². The molecule has 0 aliphatic carbocycles. The summed E-state index contributed by atoms with van der Waals surface area (Å²) in [5, 5.41) is 0. The van der Waals surface area contributed by atoms with Crippen LogP contribution in [0.5, 0.6) is 5.75 Å². The van der Waals surface area contributed by atoms with Gasteiger partial charge in [-0.3, -0.25) is 0 Å². The van der Waals surface area contributed by atoms with Crippen molar-refractivity contribution < 1.29 is 4.74 Å². The van der Waals surface area contributed by atoms with E-state index in [0.29, 0.717) is 5.92 Å². The molecule has 0 amide bonds. The molecule has 0 saturated carbocycles. The Labute approximate surface area is 105 Å². The number of hydrogen-bond donors (Lipinski definition) is 1. The molecule has 0 aliphatic rings. The van der Waals surface area contributed by atoms with Gasteiger partial charge in [-0.05, 0) is 31.4 Å². The first-order chi connectivity index (χ1) is 7.00. The maximum Gasteiger partial charge on any atom is 0.124 e. The van der Waals surface area contributed by atoms with Crippen molar-refractivity contribution >= 4 is 12.4 Å². The highest BCUT2D eigenvalue weighted by Crippen LogP contribution is 2.25. The van der Waals surface area contributed by atoms with Gasteiger partial charge in [0.25, 0.3) is 0 Å². The van der Waals surface area contributed by atoms with E-state index in [1.165, 1.54) is 5.56 Å². The Morgan fingerprint density at radius 1 is 1.25 bits per heavy atom. The molecule has 1 rings (SSSR count). The fourth-order valence-electron chi connectivity index (χ4n) is 1.40. The van der Waals surface area contributed by atoms with Crippen LogP contribution in [0.4, 0.5) is 0 Å². The molecular weight excluding hydrogens is 222 g/mol. The summed E-state index contributed by atoms with van der Waals surface area (Å²) in [6, 6.07) is 6.20. The van der Waals surface area contributed by atoms with Gasteiger partial charge in [-0.15, -0.1) is 12.4 Å². The van der Waals surface area contributed by atoms with Crippen molar-refractivity contribution in [1.82, 2.24) is 0 Å². The summed E-state index contributed by atoms with van der Waals surface area (Å²) in [6.45, 7) is 9.06. The Balaban J connectivity index is 0.00000225. The molecule has 0 radical (unpaired) electrons. The number of aryl methyl sites for hydroxylation is 1. The molecule has 1 unspecified atom stereocenters. The van der Waals surface area contributed by atoms with Crippen LogP contribution in [-0.2, 0) is 0 Å². The van der Waals surface area contributed by atoms with Gasteiger partial charge < -0.3 is 10.5 Å². The highest BCUT2D eigenvalue weighted by molar-refractivity contribution is 5.85. The fraction of sp³-hybridized carbons (Fsp3) is 0.538. The molecule has 0 spiro atoms. The van der Waals surface area contributed by atoms with E-state index in [2.05, 4.69) is 39.0 Å². The standard InChI is InChI=1S/C13H21NO.ClH/c1-9(2)8-15-13-7-10(3)5-6-12(13)11(4)14;/h5-7,9,11H,8,14H2,1-4H3;1H. The second-order valence-electron chi connectivity index (χ2n) is 4.53. The number of rotatable bonds is 4. The molecule has 2 nitrogen and oxygen atoms in total. The third-order valence-electron chi connectivity index (χ3n) is 2.23. The van der Waals surface area contributed by atoms with Crippen LogP contribution < -0.4 is 10.5 Å². The molecular formula is C13H22ClNO. The van der Waals surface area contributed by atoms with Gasteiger partial charge in [-0.2, -0.15) is 0 Å². The first-order valence-corrected chi connectivity index (χ1v) is 5.49. The van der Waals surface area contributed by atoms with Gasteiger partial charge in [0, 0.05) is 11.6 Å². The van der Waals surface area contributed by atoms with Crippen molar-refractivity contribution in [3.05, 3.63) is 29.3 Å². The molecule has 92 valence electrons. The Kier molecular flexibility index (Phi) is 6.46. The van der Waals surface area contributed by atoms with E-state index >= 15 is 0 Å². The molecule has 0 aliphatic heterocycles. The van der Waals surface area contributed by atoms with Crippen molar-refractivity contribution in [2.75, 3.05) is 6.61 Å². The maximum absolute atomic E-state index is 5.89. The number of hydrogen-bond acceptors (Lipinski definition) is 2. The minimum absolute atomic E-state index is 0. The number of halogens is 1. The Hall–Kier alpha value is -0.730. The predicted octanol–water partition coefficient (Wildman–Crippen LogP) is 3.47. The SMILES string of the molecule is Cc1ccc(C(C)N)c(OCC(C)C)c1.Cl. The molecule has 0 fully saturated rings. The average molecular weight is 244 g/mol. The molecule has 3 heteroatoms. The van der Waals surface area contributed by atoms with Crippen molar-refractivity contribution in [3.8, 4) is 5.75 Å². The zero-order valence-corrected chi connectivity index (χ0v) is 11.3. The first-order valence-electron chi connectivity index (χ1n) is 5.49. The fourth-order valence-corrected chi connectivity index (χ4v) is 1.40. The zero-order valence-electron chi connectivity index (χ0n) is 10.5. The minimum atomic E-state index is 0. The molecule has 16 heavy (non-hydrogen) atoms. The van der Waals surface area contributed by atoms with Gasteiger partial charge in [-0.25, -0.2) is 0 Å². The quantitative estimate of drug-likeness (QED) is 0.879. The molecule has 2 N–H and O–H groups in total. The third-order valence-corrected chi connectivity index (χ3v) is 2.23. The number of ether oxygens (including phenoxy) is 1. The Bertz CT molecular complexity index is 324. The van der Waals surface area contributed by atoms with Gasteiger partial charge in [-0.1, -0.05) is 26.0 Å². The lowest BCUT2D eigenvalue weighted by Gasteiger charge is -2.16. The van der Waals surface area contributed by atoms with Crippen LogP contribution >= 0.6 is 12.4 Å². The van der Waals surface area contributed by atoms with E-state index in [4.69, 9.17) is 10.5 Å².